The van der Waals surface area contributed by atoms with Crippen molar-refractivity contribution >= 4 is 6.29 Å². The monoisotopic (exact) mass is 274 g/mol. The molecule has 5 nitrogen and oxygen atoms in total. The second kappa shape index (κ2) is 5.97. The van der Waals surface area contributed by atoms with Crippen LogP contribution in [0.4, 0.5) is 0 Å². The van der Waals surface area contributed by atoms with Crippen LogP contribution in [0.1, 0.15) is 15.9 Å². The Morgan fingerprint density at radius 1 is 1.15 bits per heavy atom. The van der Waals surface area contributed by atoms with Gasteiger partial charge in [-0.25, -0.2) is 0 Å². The van der Waals surface area contributed by atoms with Gasteiger partial charge in [0.2, 0.25) is 0 Å². The number of aldehydes is 1. The van der Waals surface area contributed by atoms with Gasteiger partial charge in [-0.05, 0) is 24.3 Å². The molecule has 0 saturated carbocycles. The molecule has 104 valence electrons. The third-order valence-corrected chi connectivity index (χ3v) is 2.81. The van der Waals surface area contributed by atoms with Crippen molar-refractivity contribution in [1.29, 1.82) is 0 Å². The average molecular weight is 274 g/mol. The Balaban J connectivity index is 2.18. The van der Waals surface area contributed by atoms with E-state index in [9.17, 15) is 15.0 Å². The summed E-state index contributed by atoms with van der Waals surface area (Å²) in [7, 11) is 1.46. The zero-order valence-electron chi connectivity index (χ0n) is 10.9. The molecule has 0 fully saturated rings. The maximum atomic E-state index is 10.7. The van der Waals surface area contributed by atoms with Gasteiger partial charge in [-0.1, -0.05) is 12.1 Å². The van der Waals surface area contributed by atoms with E-state index in [2.05, 4.69) is 0 Å². The van der Waals surface area contributed by atoms with Crippen molar-refractivity contribution in [2.75, 3.05) is 7.11 Å². The van der Waals surface area contributed by atoms with Crippen LogP contribution in [-0.2, 0) is 6.61 Å². The Bertz CT molecular complexity index is 622. The molecule has 0 aliphatic carbocycles. The van der Waals surface area contributed by atoms with E-state index in [1.807, 2.05) is 0 Å². The van der Waals surface area contributed by atoms with Crippen molar-refractivity contribution in [2.45, 2.75) is 6.61 Å². The number of benzene rings is 2. The first-order chi connectivity index (χ1) is 9.65. The van der Waals surface area contributed by atoms with E-state index >= 15 is 0 Å². The van der Waals surface area contributed by atoms with Crippen molar-refractivity contribution in [3.8, 4) is 23.0 Å². The minimum Gasteiger partial charge on any atom is -0.504 e. The normalized spacial score (nSPS) is 10.1. The maximum absolute atomic E-state index is 10.7. The zero-order chi connectivity index (χ0) is 14.5. The number of carbonyl (C=O) groups excluding carboxylic acids is 1. The van der Waals surface area contributed by atoms with Crippen LogP contribution < -0.4 is 9.47 Å². The third kappa shape index (κ3) is 2.83. The highest BCUT2D eigenvalue weighted by molar-refractivity contribution is 5.76. The molecule has 2 rings (SSSR count). The Labute approximate surface area is 116 Å². The molecule has 0 saturated heterocycles. The molecule has 20 heavy (non-hydrogen) atoms. The first kappa shape index (κ1) is 13.7. The first-order valence-corrected chi connectivity index (χ1v) is 5.91. The van der Waals surface area contributed by atoms with Crippen molar-refractivity contribution in [2.24, 2.45) is 0 Å². The number of hydrogen-bond donors (Lipinski definition) is 2. The van der Waals surface area contributed by atoms with Crippen LogP contribution in [0.3, 0.4) is 0 Å². The Morgan fingerprint density at radius 2 is 1.95 bits per heavy atom. The predicted octanol–water partition coefficient (Wildman–Crippen LogP) is 2.50. The number of hydrogen-bond acceptors (Lipinski definition) is 5. The molecule has 5 heteroatoms. The first-order valence-electron chi connectivity index (χ1n) is 5.91. The minimum absolute atomic E-state index is 0.0129. The summed E-state index contributed by atoms with van der Waals surface area (Å²) in [6, 6.07) is 9.32. The van der Waals surface area contributed by atoms with Crippen molar-refractivity contribution in [1.82, 2.24) is 0 Å². The molecular weight excluding hydrogens is 260 g/mol. The highest BCUT2D eigenvalue weighted by Gasteiger charge is 2.09. The van der Waals surface area contributed by atoms with Crippen LogP contribution in [0.2, 0.25) is 0 Å². The van der Waals surface area contributed by atoms with Gasteiger partial charge in [-0.2, -0.15) is 0 Å². The number of ether oxygens (including phenoxy) is 2. The lowest BCUT2D eigenvalue weighted by molar-refractivity contribution is 0.112. The Morgan fingerprint density at radius 3 is 2.65 bits per heavy atom. The Kier molecular flexibility index (Phi) is 4.10. The topological polar surface area (TPSA) is 76.0 Å². The van der Waals surface area contributed by atoms with E-state index in [4.69, 9.17) is 9.47 Å². The summed E-state index contributed by atoms with van der Waals surface area (Å²) >= 11 is 0. The van der Waals surface area contributed by atoms with Crippen LogP contribution in [0.15, 0.2) is 36.4 Å². The highest BCUT2D eigenvalue weighted by Crippen LogP contribution is 2.32. The molecule has 0 unspecified atom stereocenters. The molecular formula is C15H14O5. The quantitative estimate of drug-likeness (QED) is 0.819. The second-order valence-electron chi connectivity index (χ2n) is 4.10. The number of phenols is 2. The fourth-order valence-electron chi connectivity index (χ4n) is 1.72. The lowest BCUT2D eigenvalue weighted by Gasteiger charge is -2.11. The number of aromatic hydroxyl groups is 2. The van der Waals surface area contributed by atoms with Crippen LogP contribution in [0.5, 0.6) is 23.0 Å². The van der Waals surface area contributed by atoms with Crippen molar-refractivity contribution in [3.63, 3.8) is 0 Å². The molecule has 0 aliphatic heterocycles. The number of carbonyl (C=O) groups is 1. The van der Waals surface area contributed by atoms with E-state index < -0.39 is 0 Å². The Hall–Kier alpha value is -2.69. The summed E-state index contributed by atoms with van der Waals surface area (Å²) in [5.41, 5.74) is 0.910. The van der Waals surface area contributed by atoms with Crippen LogP contribution in [0.25, 0.3) is 0 Å². The smallest absolute Gasteiger partial charge is 0.164 e. The SMILES string of the molecule is COc1cccc(COc2cc(C=O)ccc2O)c1O. The largest absolute Gasteiger partial charge is 0.504 e. The molecule has 0 heterocycles. The van der Waals surface area contributed by atoms with Gasteiger partial charge in [-0.15, -0.1) is 0 Å². The van der Waals surface area contributed by atoms with E-state index in [0.29, 0.717) is 23.2 Å². The molecule has 0 aliphatic rings. The van der Waals surface area contributed by atoms with E-state index in [0.717, 1.165) is 0 Å². The summed E-state index contributed by atoms with van der Waals surface area (Å²) < 4.78 is 10.4. The third-order valence-electron chi connectivity index (χ3n) is 2.81. The molecule has 2 aromatic rings. The summed E-state index contributed by atoms with van der Waals surface area (Å²) in [5.74, 6) is 0.438. The molecule has 2 aromatic carbocycles. The number of methoxy groups -OCH3 is 1. The maximum Gasteiger partial charge on any atom is 0.164 e. The fraction of sp³-hybridized carbons (Fsp3) is 0.133. The predicted molar refractivity (Wildman–Crippen MR) is 72.5 cm³/mol. The lowest BCUT2D eigenvalue weighted by atomic mass is 10.2. The van der Waals surface area contributed by atoms with Crippen molar-refractivity contribution in [3.05, 3.63) is 47.5 Å². The number of rotatable bonds is 5. The van der Waals surface area contributed by atoms with Gasteiger partial charge in [-0.3, -0.25) is 4.79 Å². The van der Waals surface area contributed by atoms with Gasteiger partial charge in [0.15, 0.2) is 23.0 Å². The summed E-state index contributed by atoms with van der Waals surface area (Å²) in [4.78, 5) is 10.7. The number of para-hydroxylation sites is 1. The zero-order valence-corrected chi connectivity index (χ0v) is 10.9. The van der Waals surface area contributed by atoms with E-state index in [1.165, 1.54) is 25.3 Å². The van der Waals surface area contributed by atoms with Gasteiger partial charge < -0.3 is 19.7 Å². The summed E-state index contributed by atoms with van der Waals surface area (Å²) in [6.45, 7) is 0.0406. The molecule has 0 spiro atoms. The van der Waals surface area contributed by atoms with Crippen LogP contribution >= 0.6 is 0 Å². The molecule has 0 radical (unpaired) electrons. The molecule has 2 N–H and O–H groups in total. The molecule has 0 aromatic heterocycles. The minimum atomic E-state index is -0.0713. The van der Waals surface area contributed by atoms with E-state index in [-0.39, 0.29) is 23.9 Å². The van der Waals surface area contributed by atoms with Gasteiger partial charge >= 0.3 is 0 Å². The lowest BCUT2D eigenvalue weighted by Crippen LogP contribution is -1.98. The summed E-state index contributed by atoms with van der Waals surface area (Å²) in [5, 5.41) is 19.6. The van der Waals surface area contributed by atoms with Crippen molar-refractivity contribution < 1.29 is 24.5 Å². The van der Waals surface area contributed by atoms with Gasteiger partial charge in [0.1, 0.15) is 12.9 Å². The molecule has 0 bridgehead atoms. The second-order valence-corrected chi connectivity index (χ2v) is 4.10. The molecule has 0 amide bonds. The van der Waals surface area contributed by atoms with E-state index in [1.54, 1.807) is 18.2 Å². The molecule has 0 atom stereocenters. The highest BCUT2D eigenvalue weighted by atomic mass is 16.5. The van der Waals surface area contributed by atoms with Crippen LogP contribution in [0, 0.1) is 0 Å². The summed E-state index contributed by atoms with van der Waals surface area (Å²) in [6.07, 6.45) is 0.662. The van der Waals surface area contributed by atoms with Gasteiger partial charge in [0, 0.05) is 11.1 Å². The fourth-order valence-corrected chi connectivity index (χ4v) is 1.72. The van der Waals surface area contributed by atoms with Gasteiger partial charge in [0.25, 0.3) is 0 Å². The van der Waals surface area contributed by atoms with Gasteiger partial charge in [0.05, 0.1) is 7.11 Å². The average Bonchev–Trinajstić information content (AvgIpc) is 2.47. The van der Waals surface area contributed by atoms with Crippen LogP contribution in [-0.4, -0.2) is 23.6 Å². The standard InChI is InChI=1S/C15H14O5/c1-19-13-4-2-3-11(15(13)18)9-20-14-7-10(8-16)5-6-12(14)17/h2-8,17-18H,9H2,1H3. The number of phenolic OH excluding ortho intramolecular Hbond substituents is 2.